The number of allylic oxidation sites excluding steroid dienone is 1. The van der Waals surface area contributed by atoms with Crippen LogP contribution in [-0.4, -0.2) is 21.7 Å². The molecule has 0 atom stereocenters. The van der Waals surface area contributed by atoms with Gasteiger partial charge in [-0.1, -0.05) is 41.7 Å². The minimum absolute atomic E-state index is 0.202. The monoisotopic (exact) mass is 327 g/mol. The molecule has 0 N–H and O–H groups in total. The third-order valence-electron chi connectivity index (χ3n) is 3.20. The van der Waals surface area contributed by atoms with Crippen LogP contribution in [0, 0.1) is 6.92 Å². The fraction of sp³-hybridized carbons (Fsp3) is 0.125. The molecule has 3 aromatic rings. The number of nitrogens with zero attached hydrogens (tertiary/aromatic N) is 3. The number of hydrogen-bond donors (Lipinski definition) is 0. The molecule has 2 aromatic heterocycles. The number of aryl methyl sites for hydroxylation is 1. The molecular weight excluding hydrogens is 314 g/mol. The van der Waals surface area contributed by atoms with Crippen LogP contribution in [0.25, 0.3) is 17.1 Å². The molecule has 2 heterocycles. The molecule has 6 nitrogen and oxygen atoms in total. The number of para-hydroxylation sites is 1. The first kappa shape index (κ1) is 15.1. The highest BCUT2D eigenvalue weighted by molar-refractivity contribution is 7.15. The lowest BCUT2D eigenvalue weighted by atomic mass is 10.2. The van der Waals surface area contributed by atoms with E-state index in [2.05, 4.69) is 10.1 Å². The zero-order valence-corrected chi connectivity index (χ0v) is 13.3. The predicted molar refractivity (Wildman–Crippen MR) is 89.9 cm³/mol. The summed E-state index contributed by atoms with van der Waals surface area (Å²) in [4.78, 5) is 27.9. The summed E-state index contributed by atoms with van der Waals surface area (Å²) in [5.41, 5.74) is 0.405. The summed E-state index contributed by atoms with van der Waals surface area (Å²) in [6.45, 7) is 1.53. The van der Waals surface area contributed by atoms with Crippen molar-refractivity contribution in [3.63, 3.8) is 0 Å². The SMILES string of the molecule is COc1ccccc1C=CC=c1sc2nc(=O)c(C)nn2c1=O. The lowest BCUT2D eigenvalue weighted by Crippen LogP contribution is -2.26. The van der Waals surface area contributed by atoms with E-state index >= 15 is 0 Å². The van der Waals surface area contributed by atoms with Crippen LogP contribution in [0.1, 0.15) is 11.3 Å². The third-order valence-corrected chi connectivity index (χ3v) is 4.18. The topological polar surface area (TPSA) is 73.6 Å². The summed E-state index contributed by atoms with van der Waals surface area (Å²) in [7, 11) is 1.61. The van der Waals surface area contributed by atoms with E-state index in [1.807, 2.05) is 30.3 Å². The molecule has 1 aromatic carbocycles. The number of rotatable bonds is 3. The molecule has 0 aliphatic heterocycles. The van der Waals surface area contributed by atoms with Gasteiger partial charge < -0.3 is 4.74 Å². The van der Waals surface area contributed by atoms with Gasteiger partial charge in [-0.3, -0.25) is 9.59 Å². The Hall–Kier alpha value is -2.80. The van der Waals surface area contributed by atoms with Gasteiger partial charge in [0.05, 0.1) is 11.6 Å². The van der Waals surface area contributed by atoms with Gasteiger partial charge in [0.1, 0.15) is 11.4 Å². The second-order valence-corrected chi connectivity index (χ2v) is 5.75. The summed E-state index contributed by atoms with van der Waals surface area (Å²) in [6.07, 6.45) is 5.28. The van der Waals surface area contributed by atoms with Crippen LogP contribution < -0.4 is 20.4 Å². The summed E-state index contributed by atoms with van der Waals surface area (Å²) in [6, 6.07) is 7.57. The van der Waals surface area contributed by atoms with Gasteiger partial charge in [-0.2, -0.15) is 14.6 Å². The van der Waals surface area contributed by atoms with Crippen LogP contribution >= 0.6 is 11.3 Å². The van der Waals surface area contributed by atoms with Gasteiger partial charge >= 0.3 is 0 Å². The highest BCUT2D eigenvalue weighted by atomic mass is 32.1. The molecule has 23 heavy (non-hydrogen) atoms. The van der Waals surface area contributed by atoms with Crippen LogP contribution in [0.2, 0.25) is 0 Å². The van der Waals surface area contributed by atoms with Crippen molar-refractivity contribution in [2.45, 2.75) is 6.92 Å². The maximum atomic E-state index is 12.2. The summed E-state index contributed by atoms with van der Waals surface area (Å²) >= 11 is 1.13. The second-order valence-electron chi connectivity index (χ2n) is 4.74. The van der Waals surface area contributed by atoms with Gasteiger partial charge in [0, 0.05) is 5.56 Å². The van der Waals surface area contributed by atoms with E-state index < -0.39 is 5.56 Å². The molecule has 0 saturated carbocycles. The standard InChI is InChI=1S/C16H13N3O3S/c1-10-14(20)17-16-19(18-10)15(21)13(23-16)9-5-7-11-6-3-4-8-12(11)22-2/h3-9H,1-2H3. The Morgan fingerprint density at radius 3 is 2.83 bits per heavy atom. The van der Waals surface area contributed by atoms with E-state index in [-0.39, 0.29) is 11.3 Å². The zero-order chi connectivity index (χ0) is 16.4. The molecule has 116 valence electrons. The smallest absolute Gasteiger partial charge is 0.295 e. The van der Waals surface area contributed by atoms with Crippen molar-refractivity contribution in [1.29, 1.82) is 0 Å². The molecule has 0 fully saturated rings. The van der Waals surface area contributed by atoms with E-state index in [0.717, 1.165) is 27.2 Å². The van der Waals surface area contributed by atoms with Crippen LogP contribution in [0.5, 0.6) is 5.75 Å². The average Bonchev–Trinajstić information content (AvgIpc) is 2.84. The Balaban J connectivity index is 2.05. The molecule has 0 bridgehead atoms. The average molecular weight is 327 g/mol. The molecular formula is C16H13N3O3S. The van der Waals surface area contributed by atoms with E-state index in [9.17, 15) is 9.59 Å². The minimum Gasteiger partial charge on any atom is -0.496 e. The van der Waals surface area contributed by atoms with E-state index in [1.54, 1.807) is 19.3 Å². The predicted octanol–water partition coefficient (Wildman–Crippen LogP) is 1.04. The number of aromatic nitrogens is 3. The normalized spacial score (nSPS) is 12.3. The van der Waals surface area contributed by atoms with Gasteiger partial charge in [-0.15, -0.1) is 0 Å². The van der Waals surface area contributed by atoms with Gasteiger partial charge in [0.2, 0.25) is 4.96 Å². The third kappa shape index (κ3) is 2.91. The Morgan fingerprint density at radius 1 is 1.26 bits per heavy atom. The lowest BCUT2D eigenvalue weighted by molar-refractivity contribution is 0.414. The highest BCUT2D eigenvalue weighted by Gasteiger charge is 2.07. The van der Waals surface area contributed by atoms with Crippen molar-refractivity contribution in [3.05, 3.63) is 66.8 Å². The number of fused-ring (bicyclic) bond motifs is 1. The quantitative estimate of drug-likeness (QED) is 0.719. The van der Waals surface area contributed by atoms with E-state index in [4.69, 9.17) is 4.74 Å². The summed E-state index contributed by atoms with van der Waals surface area (Å²) in [5.74, 6) is 0.750. The molecule has 0 saturated heterocycles. The fourth-order valence-corrected chi connectivity index (χ4v) is 2.90. The first-order valence-corrected chi connectivity index (χ1v) is 7.63. The molecule has 0 unspecified atom stereocenters. The summed E-state index contributed by atoms with van der Waals surface area (Å²) < 4.78 is 6.88. The molecule has 7 heteroatoms. The highest BCUT2D eigenvalue weighted by Crippen LogP contribution is 2.18. The van der Waals surface area contributed by atoms with Crippen LogP contribution in [0.15, 0.2) is 39.9 Å². The van der Waals surface area contributed by atoms with Crippen molar-refractivity contribution in [2.75, 3.05) is 7.11 Å². The molecule has 0 amide bonds. The molecule has 0 aliphatic carbocycles. The number of thiazole rings is 1. The Labute approximate surface area is 135 Å². The van der Waals surface area contributed by atoms with Crippen LogP contribution in [0.3, 0.4) is 0 Å². The Kier molecular flexibility index (Phi) is 4.03. The van der Waals surface area contributed by atoms with Crippen molar-refractivity contribution in [1.82, 2.24) is 14.6 Å². The fourth-order valence-electron chi connectivity index (χ4n) is 2.04. The second kappa shape index (κ2) is 6.13. The lowest BCUT2D eigenvalue weighted by Gasteiger charge is -2.02. The number of benzene rings is 1. The van der Waals surface area contributed by atoms with Crippen molar-refractivity contribution in [3.8, 4) is 5.75 Å². The van der Waals surface area contributed by atoms with Gasteiger partial charge in [-0.25, -0.2) is 0 Å². The number of methoxy groups -OCH3 is 1. The first-order chi connectivity index (χ1) is 11.1. The van der Waals surface area contributed by atoms with E-state index in [1.165, 1.54) is 6.92 Å². The molecule has 0 aliphatic rings. The maximum absolute atomic E-state index is 12.2. The van der Waals surface area contributed by atoms with E-state index in [0.29, 0.717) is 9.49 Å². The minimum atomic E-state index is -0.414. The van der Waals surface area contributed by atoms with Gasteiger partial charge in [0.25, 0.3) is 11.1 Å². The summed E-state index contributed by atoms with van der Waals surface area (Å²) in [5, 5.41) is 3.96. The number of hydrogen-bond acceptors (Lipinski definition) is 6. The molecule has 3 rings (SSSR count). The zero-order valence-electron chi connectivity index (χ0n) is 12.5. The van der Waals surface area contributed by atoms with Crippen LogP contribution in [0.4, 0.5) is 0 Å². The van der Waals surface area contributed by atoms with Crippen LogP contribution in [-0.2, 0) is 0 Å². The maximum Gasteiger partial charge on any atom is 0.295 e. The number of ether oxygens (including phenoxy) is 1. The van der Waals surface area contributed by atoms with Crippen molar-refractivity contribution < 1.29 is 4.74 Å². The molecule has 0 spiro atoms. The first-order valence-electron chi connectivity index (χ1n) is 6.82. The molecule has 0 radical (unpaired) electrons. The van der Waals surface area contributed by atoms with Crippen molar-refractivity contribution >= 4 is 28.4 Å². The Bertz CT molecular complexity index is 1070. The van der Waals surface area contributed by atoms with Gasteiger partial charge in [0.15, 0.2) is 0 Å². The largest absolute Gasteiger partial charge is 0.496 e. The Morgan fingerprint density at radius 2 is 2.04 bits per heavy atom. The van der Waals surface area contributed by atoms with Crippen molar-refractivity contribution in [2.24, 2.45) is 0 Å². The van der Waals surface area contributed by atoms with Gasteiger partial charge in [-0.05, 0) is 19.1 Å².